The number of nitrogens with one attached hydrogen (secondary N) is 2. The number of amides is 2. The second-order valence-electron chi connectivity index (χ2n) is 7.78. The lowest BCUT2D eigenvalue weighted by atomic mass is 9.98. The molecule has 0 aromatic heterocycles. The maximum Gasteiger partial charge on any atom is 0.408 e. The number of carbonyl (C=O) groups is 3. The van der Waals surface area contributed by atoms with Gasteiger partial charge in [-0.3, -0.25) is 4.79 Å². The van der Waals surface area contributed by atoms with E-state index in [9.17, 15) is 24.6 Å². The van der Waals surface area contributed by atoms with Crippen LogP contribution in [0, 0.1) is 5.92 Å². The number of hydrogen-bond acceptors (Lipinski definition) is 5. The highest BCUT2D eigenvalue weighted by molar-refractivity contribution is 5.89. The van der Waals surface area contributed by atoms with Crippen LogP contribution in [0.3, 0.4) is 0 Å². The standard InChI is InChI=1S/C20H30N2O6/c1-6-12(2)16(18(25)26)22-17(24)15(21-19(27)28-20(3,4)5)11-13-7-9-14(23)10-8-13/h7-10,12,15-16,23H,6,11H2,1-5H3,(H,21,27)(H,22,24)(H,25,26)/t12-,15-,16-/m0/s1. The number of phenols is 1. The second-order valence-corrected chi connectivity index (χ2v) is 7.78. The number of carbonyl (C=O) groups excluding carboxylic acids is 2. The molecule has 0 radical (unpaired) electrons. The van der Waals surface area contributed by atoms with Crippen molar-refractivity contribution in [1.29, 1.82) is 0 Å². The minimum Gasteiger partial charge on any atom is -0.508 e. The van der Waals surface area contributed by atoms with E-state index in [2.05, 4.69) is 10.6 Å². The summed E-state index contributed by atoms with van der Waals surface area (Å²) in [5, 5.41) is 23.8. The number of rotatable bonds is 8. The second kappa shape index (κ2) is 9.96. The SMILES string of the molecule is CC[C@H](C)[C@H](NC(=O)[C@H](Cc1ccc(O)cc1)NC(=O)OC(C)(C)C)C(=O)O. The third kappa shape index (κ3) is 7.85. The molecular formula is C20H30N2O6. The molecule has 2 amide bonds. The van der Waals surface area contributed by atoms with Gasteiger partial charge in [-0.2, -0.15) is 0 Å². The van der Waals surface area contributed by atoms with Crippen molar-refractivity contribution in [3.8, 4) is 5.75 Å². The van der Waals surface area contributed by atoms with Gasteiger partial charge in [0, 0.05) is 6.42 Å². The van der Waals surface area contributed by atoms with Crippen molar-refractivity contribution in [3.63, 3.8) is 0 Å². The highest BCUT2D eigenvalue weighted by Crippen LogP contribution is 2.14. The van der Waals surface area contributed by atoms with E-state index in [0.717, 1.165) is 0 Å². The maximum absolute atomic E-state index is 12.8. The Morgan fingerprint density at radius 3 is 2.14 bits per heavy atom. The molecular weight excluding hydrogens is 364 g/mol. The highest BCUT2D eigenvalue weighted by atomic mass is 16.6. The van der Waals surface area contributed by atoms with Gasteiger partial charge in [0.1, 0.15) is 23.4 Å². The summed E-state index contributed by atoms with van der Waals surface area (Å²) in [5.41, 5.74) is -0.0614. The van der Waals surface area contributed by atoms with Crippen LogP contribution < -0.4 is 10.6 Å². The zero-order valence-corrected chi connectivity index (χ0v) is 17.0. The number of hydrogen-bond donors (Lipinski definition) is 4. The minimum absolute atomic E-state index is 0.0764. The number of carboxylic acids is 1. The van der Waals surface area contributed by atoms with E-state index in [1.165, 1.54) is 12.1 Å². The molecule has 3 atom stereocenters. The number of phenolic OH excluding ortho intramolecular Hbond substituents is 1. The van der Waals surface area contributed by atoms with Gasteiger partial charge in [0.25, 0.3) is 0 Å². The molecule has 8 nitrogen and oxygen atoms in total. The van der Waals surface area contributed by atoms with Gasteiger partial charge in [0.15, 0.2) is 0 Å². The van der Waals surface area contributed by atoms with E-state index < -0.39 is 35.7 Å². The zero-order valence-electron chi connectivity index (χ0n) is 17.0. The quantitative estimate of drug-likeness (QED) is 0.537. The van der Waals surface area contributed by atoms with Crippen molar-refractivity contribution in [2.75, 3.05) is 0 Å². The van der Waals surface area contributed by atoms with E-state index in [1.807, 2.05) is 6.92 Å². The normalized spacial score (nSPS) is 14.5. The molecule has 0 aliphatic carbocycles. The van der Waals surface area contributed by atoms with Crippen molar-refractivity contribution in [2.24, 2.45) is 5.92 Å². The summed E-state index contributed by atoms with van der Waals surface area (Å²) < 4.78 is 5.21. The summed E-state index contributed by atoms with van der Waals surface area (Å²) in [7, 11) is 0. The Hall–Kier alpha value is -2.77. The van der Waals surface area contributed by atoms with Crippen molar-refractivity contribution in [1.82, 2.24) is 10.6 Å². The molecule has 4 N–H and O–H groups in total. The van der Waals surface area contributed by atoms with Crippen LogP contribution >= 0.6 is 0 Å². The predicted molar refractivity (Wildman–Crippen MR) is 104 cm³/mol. The van der Waals surface area contributed by atoms with Crippen LogP contribution in [0.1, 0.15) is 46.6 Å². The fraction of sp³-hybridized carbons (Fsp3) is 0.550. The Labute approximate surface area is 165 Å². The number of alkyl carbamates (subject to hydrolysis) is 1. The Kier molecular flexibility index (Phi) is 8.28. The number of benzene rings is 1. The van der Waals surface area contributed by atoms with Crippen LogP contribution in [0.4, 0.5) is 4.79 Å². The van der Waals surface area contributed by atoms with Gasteiger partial charge in [0.2, 0.25) is 5.91 Å². The van der Waals surface area contributed by atoms with Crippen LogP contribution in [0.25, 0.3) is 0 Å². The lowest BCUT2D eigenvalue weighted by molar-refractivity contribution is -0.143. The van der Waals surface area contributed by atoms with Gasteiger partial charge in [-0.05, 0) is 44.4 Å². The van der Waals surface area contributed by atoms with Gasteiger partial charge < -0.3 is 25.6 Å². The van der Waals surface area contributed by atoms with Crippen molar-refractivity contribution < 1.29 is 29.3 Å². The number of carboxylic acid groups (broad SMARTS) is 1. The largest absolute Gasteiger partial charge is 0.508 e. The van der Waals surface area contributed by atoms with Gasteiger partial charge in [-0.15, -0.1) is 0 Å². The van der Waals surface area contributed by atoms with Crippen molar-refractivity contribution in [2.45, 2.75) is 65.1 Å². The average Bonchev–Trinajstić information content (AvgIpc) is 2.58. The monoisotopic (exact) mass is 394 g/mol. The lowest BCUT2D eigenvalue weighted by Crippen LogP contribution is -2.54. The van der Waals surface area contributed by atoms with Gasteiger partial charge in [-0.1, -0.05) is 32.4 Å². The molecule has 0 heterocycles. The van der Waals surface area contributed by atoms with E-state index >= 15 is 0 Å². The Morgan fingerprint density at radius 1 is 1.11 bits per heavy atom. The third-order valence-corrected chi connectivity index (χ3v) is 4.16. The summed E-state index contributed by atoms with van der Waals surface area (Å²) in [6, 6.07) is 4.07. The molecule has 0 unspecified atom stereocenters. The first-order valence-electron chi connectivity index (χ1n) is 9.23. The smallest absolute Gasteiger partial charge is 0.408 e. The number of aromatic hydroxyl groups is 1. The highest BCUT2D eigenvalue weighted by Gasteiger charge is 2.30. The van der Waals surface area contributed by atoms with Crippen LogP contribution in [0.2, 0.25) is 0 Å². The lowest BCUT2D eigenvalue weighted by Gasteiger charge is -2.26. The van der Waals surface area contributed by atoms with Crippen LogP contribution in [-0.4, -0.2) is 45.9 Å². The minimum atomic E-state index is -1.14. The molecule has 156 valence electrons. The molecule has 0 fully saturated rings. The van der Waals surface area contributed by atoms with E-state index in [-0.39, 0.29) is 18.1 Å². The van der Waals surface area contributed by atoms with Crippen molar-refractivity contribution >= 4 is 18.0 Å². The molecule has 1 rings (SSSR count). The van der Waals surface area contributed by atoms with Crippen LogP contribution in [0.5, 0.6) is 5.75 Å². The maximum atomic E-state index is 12.8. The molecule has 8 heteroatoms. The van der Waals surface area contributed by atoms with Crippen LogP contribution in [0.15, 0.2) is 24.3 Å². The average molecular weight is 394 g/mol. The fourth-order valence-corrected chi connectivity index (χ4v) is 2.46. The summed E-state index contributed by atoms with van der Waals surface area (Å²) >= 11 is 0. The van der Waals surface area contributed by atoms with Crippen LogP contribution in [-0.2, 0) is 20.7 Å². The topological polar surface area (TPSA) is 125 Å². The first kappa shape index (κ1) is 23.3. The third-order valence-electron chi connectivity index (χ3n) is 4.16. The summed E-state index contributed by atoms with van der Waals surface area (Å²) in [4.78, 5) is 36.4. The molecule has 0 aliphatic rings. The Balaban J connectivity index is 3.00. The predicted octanol–water partition coefficient (Wildman–Crippen LogP) is 2.44. The Bertz CT molecular complexity index is 681. The summed E-state index contributed by atoms with van der Waals surface area (Å²) in [6.07, 6.45) is -0.0979. The molecule has 1 aromatic rings. The molecule has 0 bridgehead atoms. The van der Waals surface area contributed by atoms with E-state index in [4.69, 9.17) is 4.74 Å². The van der Waals surface area contributed by atoms with Gasteiger partial charge in [0.05, 0.1) is 0 Å². The first-order valence-corrected chi connectivity index (χ1v) is 9.23. The number of ether oxygens (including phenoxy) is 1. The zero-order chi connectivity index (χ0) is 21.5. The number of aliphatic carboxylic acids is 1. The molecule has 1 aromatic carbocycles. The summed E-state index contributed by atoms with van der Waals surface area (Å²) in [6.45, 7) is 8.66. The molecule has 0 saturated heterocycles. The van der Waals surface area contributed by atoms with Crippen molar-refractivity contribution in [3.05, 3.63) is 29.8 Å². The van der Waals surface area contributed by atoms with Gasteiger partial charge >= 0.3 is 12.1 Å². The van der Waals surface area contributed by atoms with Gasteiger partial charge in [-0.25, -0.2) is 9.59 Å². The molecule has 0 aliphatic heterocycles. The fourth-order valence-electron chi connectivity index (χ4n) is 2.46. The summed E-state index contributed by atoms with van der Waals surface area (Å²) in [5.74, 6) is -1.96. The molecule has 28 heavy (non-hydrogen) atoms. The van der Waals surface area contributed by atoms with E-state index in [0.29, 0.717) is 12.0 Å². The van der Waals surface area contributed by atoms with E-state index in [1.54, 1.807) is 39.8 Å². The first-order chi connectivity index (χ1) is 12.9. The molecule has 0 saturated carbocycles. The Morgan fingerprint density at radius 2 is 1.68 bits per heavy atom. The molecule has 0 spiro atoms.